The van der Waals surface area contributed by atoms with Gasteiger partial charge in [0, 0.05) is 4.88 Å². The zero-order chi connectivity index (χ0) is 12.0. The summed E-state index contributed by atoms with van der Waals surface area (Å²) >= 11 is 1.90. The quantitative estimate of drug-likeness (QED) is 0.831. The van der Waals surface area contributed by atoms with Gasteiger partial charge in [-0.1, -0.05) is 13.8 Å². The Morgan fingerprint density at radius 1 is 1.24 bits per heavy atom. The molecule has 3 rings (SSSR count). The fourth-order valence-electron chi connectivity index (χ4n) is 3.76. The van der Waals surface area contributed by atoms with Crippen molar-refractivity contribution in [2.24, 2.45) is 17.6 Å². The Bertz CT molecular complexity index is 392. The Labute approximate surface area is 108 Å². The highest BCUT2D eigenvalue weighted by molar-refractivity contribution is 7.12. The van der Waals surface area contributed by atoms with Crippen LogP contribution in [0.3, 0.4) is 0 Å². The number of fused-ring (bicyclic) bond motifs is 1. The van der Waals surface area contributed by atoms with Gasteiger partial charge in [0.2, 0.25) is 0 Å². The fourth-order valence-corrected chi connectivity index (χ4v) is 5.03. The molecule has 2 aliphatic rings. The molecule has 0 radical (unpaired) electrons. The molecule has 3 heteroatoms. The van der Waals surface area contributed by atoms with Crippen LogP contribution in [0.15, 0.2) is 0 Å². The number of thiazole rings is 1. The zero-order valence-corrected chi connectivity index (χ0v) is 11.6. The number of aryl methyl sites for hydroxylation is 2. The molecule has 2 aliphatic carbocycles. The summed E-state index contributed by atoms with van der Waals surface area (Å²) in [6.45, 7) is 4.66. The van der Waals surface area contributed by atoms with E-state index in [1.165, 1.54) is 41.3 Å². The lowest BCUT2D eigenvalue weighted by molar-refractivity contribution is 0.183. The molecule has 1 saturated carbocycles. The summed E-state index contributed by atoms with van der Waals surface area (Å²) in [6.07, 6.45) is 7.25. The van der Waals surface area contributed by atoms with E-state index < -0.39 is 0 Å². The van der Waals surface area contributed by atoms with Crippen molar-refractivity contribution in [1.82, 2.24) is 4.98 Å². The average molecular weight is 250 g/mol. The normalized spacial score (nSPS) is 37.1. The van der Waals surface area contributed by atoms with Crippen molar-refractivity contribution < 1.29 is 0 Å². The third-order valence-corrected chi connectivity index (χ3v) is 5.63. The summed E-state index contributed by atoms with van der Waals surface area (Å²) in [5.41, 5.74) is 7.89. The minimum atomic E-state index is -0.133. The van der Waals surface area contributed by atoms with Crippen molar-refractivity contribution in [3.05, 3.63) is 15.6 Å². The maximum Gasteiger partial charge on any atom is 0.113 e. The van der Waals surface area contributed by atoms with Gasteiger partial charge in [-0.25, -0.2) is 4.98 Å². The largest absolute Gasteiger partial charge is 0.319 e. The van der Waals surface area contributed by atoms with Crippen LogP contribution in [0.25, 0.3) is 0 Å². The first-order valence-corrected chi connectivity index (χ1v) is 7.66. The van der Waals surface area contributed by atoms with Crippen LogP contribution < -0.4 is 5.73 Å². The number of nitrogens with zero attached hydrogens (tertiary/aromatic N) is 1. The molecular weight excluding hydrogens is 228 g/mol. The van der Waals surface area contributed by atoms with Gasteiger partial charge < -0.3 is 5.73 Å². The van der Waals surface area contributed by atoms with E-state index in [2.05, 4.69) is 13.8 Å². The average Bonchev–Trinajstić information content (AvgIpc) is 2.72. The molecule has 94 valence electrons. The third-order valence-electron chi connectivity index (χ3n) is 4.25. The van der Waals surface area contributed by atoms with Crippen LogP contribution in [0.4, 0.5) is 0 Å². The van der Waals surface area contributed by atoms with Crippen LogP contribution in [0.1, 0.15) is 55.1 Å². The summed E-state index contributed by atoms with van der Waals surface area (Å²) in [5.74, 6) is 1.48. The predicted molar refractivity (Wildman–Crippen MR) is 72.2 cm³/mol. The van der Waals surface area contributed by atoms with Gasteiger partial charge in [-0.2, -0.15) is 0 Å². The van der Waals surface area contributed by atoms with Crippen molar-refractivity contribution >= 4 is 11.3 Å². The molecule has 0 spiro atoms. The topological polar surface area (TPSA) is 38.9 Å². The van der Waals surface area contributed by atoms with Crippen LogP contribution in [0, 0.1) is 11.8 Å². The maximum absolute atomic E-state index is 6.67. The van der Waals surface area contributed by atoms with E-state index in [1.807, 2.05) is 11.3 Å². The smallest absolute Gasteiger partial charge is 0.113 e. The van der Waals surface area contributed by atoms with Crippen LogP contribution in [-0.4, -0.2) is 4.98 Å². The standard InChI is InChI=1S/C14H22N2S/c1-9-6-10(2)8-14(15,7-9)13-16-11-4-3-5-12(11)17-13/h9-10H,3-8,15H2,1-2H3. The molecule has 2 N–H and O–H groups in total. The van der Waals surface area contributed by atoms with Gasteiger partial charge in [0.05, 0.1) is 11.2 Å². The van der Waals surface area contributed by atoms with Crippen molar-refractivity contribution in [3.63, 3.8) is 0 Å². The summed E-state index contributed by atoms with van der Waals surface area (Å²) in [6, 6.07) is 0. The molecule has 0 aliphatic heterocycles. The number of rotatable bonds is 1. The zero-order valence-electron chi connectivity index (χ0n) is 10.8. The number of hydrogen-bond donors (Lipinski definition) is 1. The van der Waals surface area contributed by atoms with Crippen LogP contribution in [0.2, 0.25) is 0 Å². The number of hydrogen-bond acceptors (Lipinski definition) is 3. The predicted octanol–water partition coefficient (Wildman–Crippen LogP) is 3.24. The number of aromatic nitrogens is 1. The van der Waals surface area contributed by atoms with Crippen molar-refractivity contribution in [2.45, 2.75) is 57.9 Å². The van der Waals surface area contributed by atoms with Gasteiger partial charge in [0.25, 0.3) is 0 Å². The minimum absolute atomic E-state index is 0.133. The van der Waals surface area contributed by atoms with E-state index in [4.69, 9.17) is 10.7 Å². The highest BCUT2D eigenvalue weighted by Crippen LogP contribution is 2.43. The van der Waals surface area contributed by atoms with E-state index in [0.29, 0.717) is 0 Å². The molecule has 17 heavy (non-hydrogen) atoms. The molecule has 0 bridgehead atoms. The van der Waals surface area contributed by atoms with Crippen molar-refractivity contribution in [3.8, 4) is 0 Å². The van der Waals surface area contributed by atoms with Gasteiger partial charge in [-0.05, 0) is 50.4 Å². The molecule has 1 heterocycles. The fraction of sp³-hybridized carbons (Fsp3) is 0.786. The maximum atomic E-state index is 6.67. The second kappa shape index (κ2) is 4.06. The Morgan fingerprint density at radius 3 is 2.59 bits per heavy atom. The Hall–Kier alpha value is -0.410. The molecule has 1 fully saturated rings. The first-order chi connectivity index (χ1) is 8.07. The molecule has 2 atom stereocenters. The highest BCUT2D eigenvalue weighted by Gasteiger charge is 2.39. The molecule has 2 nitrogen and oxygen atoms in total. The van der Waals surface area contributed by atoms with Crippen LogP contribution in [-0.2, 0) is 18.4 Å². The summed E-state index contributed by atoms with van der Waals surface area (Å²) in [4.78, 5) is 6.36. The lowest BCUT2D eigenvalue weighted by atomic mass is 9.72. The van der Waals surface area contributed by atoms with E-state index >= 15 is 0 Å². The monoisotopic (exact) mass is 250 g/mol. The van der Waals surface area contributed by atoms with Crippen molar-refractivity contribution in [2.75, 3.05) is 0 Å². The lowest BCUT2D eigenvalue weighted by Crippen LogP contribution is -2.43. The molecule has 2 unspecified atom stereocenters. The second-order valence-electron chi connectivity index (χ2n) is 6.25. The Kier molecular flexibility index (Phi) is 2.79. The molecule has 0 amide bonds. The Morgan fingerprint density at radius 2 is 1.94 bits per heavy atom. The second-order valence-corrected chi connectivity index (χ2v) is 7.34. The Balaban J connectivity index is 1.90. The molecule has 0 aromatic carbocycles. The lowest BCUT2D eigenvalue weighted by Gasteiger charge is -2.38. The summed E-state index contributed by atoms with van der Waals surface area (Å²) in [7, 11) is 0. The molecule has 1 aromatic heterocycles. The summed E-state index contributed by atoms with van der Waals surface area (Å²) < 4.78 is 0. The van der Waals surface area contributed by atoms with Gasteiger partial charge >= 0.3 is 0 Å². The highest BCUT2D eigenvalue weighted by atomic mass is 32.1. The SMILES string of the molecule is CC1CC(C)CC(N)(c2nc3c(s2)CCC3)C1. The van der Waals surface area contributed by atoms with E-state index in [9.17, 15) is 0 Å². The van der Waals surface area contributed by atoms with E-state index in [-0.39, 0.29) is 5.54 Å². The third kappa shape index (κ3) is 2.04. The first-order valence-electron chi connectivity index (χ1n) is 6.85. The van der Waals surface area contributed by atoms with Gasteiger partial charge in [-0.15, -0.1) is 11.3 Å². The molecule has 0 saturated heterocycles. The number of nitrogens with two attached hydrogens (primary N) is 1. The molecule has 1 aromatic rings. The van der Waals surface area contributed by atoms with Gasteiger partial charge in [0.1, 0.15) is 5.01 Å². The van der Waals surface area contributed by atoms with Crippen LogP contribution in [0.5, 0.6) is 0 Å². The van der Waals surface area contributed by atoms with E-state index in [1.54, 1.807) is 0 Å². The summed E-state index contributed by atoms with van der Waals surface area (Å²) in [5, 5.41) is 1.22. The van der Waals surface area contributed by atoms with Gasteiger partial charge in [0.15, 0.2) is 0 Å². The van der Waals surface area contributed by atoms with E-state index in [0.717, 1.165) is 24.7 Å². The van der Waals surface area contributed by atoms with Gasteiger partial charge in [-0.3, -0.25) is 0 Å². The first kappa shape index (κ1) is 11.7. The van der Waals surface area contributed by atoms with Crippen LogP contribution >= 0.6 is 11.3 Å². The minimum Gasteiger partial charge on any atom is -0.319 e. The molecular formula is C14H22N2S. The van der Waals surface area contributed by atoms with Crippen molar-refractivity contribution in [1.29, 1.82) is 0 Å².